The van der Waals surface area contributed by atoms with Gasteiger partial charge in [-0.3, -0.25) is 9.69 Å². The lowest BCUT2D eigenvalue weighted by Crippen LogP contribution is -2.48. The summed E-state index contributed by atoms with van der Waals surface area (Å²) in [4.78, 5) is 17.6. The van der Waals surface area contributed by atoms with Gasteiger partial charge in [0.25, 0.3) is 5.91 Å². The van der Waals surface area contributed by atoms with Gasteiger partial charge in [-0.1, -0.05) is 75.4 Å². The molecule has 0 radical (unpaired) electrons. The van der Waals surface area contributed by atoms with Crippen molar-refractivity contribution in [3.63, 3.8) is 0 Å². The number of aliphatic hydroxyl groups excluding tert-OH is 1. The highest BCUT2D eigenvalue weighted by molar-refractivity contribution is 5.94. The SMILES string of the molecule is C=C/C=C(\C(=C)O)C(c1ccc(C(=O)NC(CC)CCC)cc1)N1CCN(c2ccc(C)cc2)CC1. The molecule has 2 atom stereocenters. The third-order valence-corrected chi connectivity index (χ3v) is 6.96. The van der Waals surface area contributed by atoms with Gasteiger partial charge in [0, 0.05) is 49.0 Å². The molecule has 2 unspecified atom stereocenters. The zero-order valence-corrected chi connectivity index (χ0v) is 22.0. The van der Waals surface area contributed by atoms with E-state index in [0.717, 1.165) is 56.6 Å². The number of allylic oxidation sites excluding steroid dienone is 2. The lowest BCUT2D eigenvalue weighted by atomic mass is 9.93. The van der Waals surface area contributed by atoms with Gasteiger partial charge in [-0.15, -0.1) is 0 Å². The molecule has 0 bridgehead atoms. The van der Waals surface area contributed by atoms with Crippen LogP contribution in [0, 0.1) is 6.92 Å². The van der Waals surface area contributed by atoms with Gasteiger partial charge in [-0.25, -0.2) is 0 Å². The van der Waals surface area contributed by atoms with Crippen molar-refractivity contribution in [1.82, 2.24) is 10.2 Å². The smallest absolute Gasteiger partial charge is 0.251 e. The van der Waals surface area contributed by atoms with E-state index in [1.807, 2.05) is 30.3 Å². The topological polar surface area (TPSA) is 55.8 Å². The predicted molar refractivity (Wildman–Crippen MR) is 151 cm³/mol. The minimum Gasteiger partial charge on any atom is -0.508 e. The van der Waals surface area contributed by atoms with Crippen molar-refractivity contribution in [2.45, 2.75) is 52.1 Å². The van der Waals surface area contributed by atoms with Gasteiger partial charge in [0.2, 0.25) is 0 Å². The number of amides is 1. The maximum atomic E-state index is 12.8. The highest BCUT2D eigenvalue weighted by atomic mass is 16.3. The first-order valence-electron chi connectivity index (χ1n) is 13.0. The molecule has 3 rings (SSSR count). The molecule has 0 spiro atoms. The Morgan fingerprint density at radius 2 is 1.69 bits per heavy atom. The summed E-state index contributed by atoms with van der Waals surface area (Å²) in [5, 5.41) is 13.6. The Morgan fingerprint density at radius 3 is 2.22 bits per heavy atom. The first-order chi connectivity index (χ1) is 17.4. The summed E-state index contributed by atoms with van der Waals surface area (Å²) in [5.41, 5.74) is 4.87. The van der Waals surface area contributed by atoms with Gasteiger partial charge in [0.15, 0.2) is 0 Å². The minimum absolute atomic E-state index is 0.0352. The summed E-state index contributed by atoms with van der Waals surface area (Å²) in [7, 11) is 0. The fourth-order valence-electron chi connectivity index (χ4n) is 4.87. The maximum Gasteiger partial charge on any atom is 0.251 e. The van der Waals surface area contributed by atoms with E-state index < -0.39 is 0 Å². The van der Waals surface area contributed by atoms with Gasteiger partial charge in [0.05, 0.1) is 6.04 Å². The Bertz CT molecular complexity index is 1050. The van der Waals surface area contributed by atoms with Crippen LogP contribution in [-0.2, 0) is 0 Å². The van der Waals surface area contributed by atoms with E-state index in [0.29, 0.717) is 5.56 Å². The van der Waals surface area contributed by atoms with Crippen LogP contribution in [-0.4, -0.2) is 48.1 Å². The predicted octanol–water partition coefficient (Wildman–Crippen LogP) is 6.35. The molecule has 2 aromatic rings. The van der Waals surface area contributed by atoms with E-state index in [4.69, 9.17) is 0 Å². The average Bonchev–Trinajstić information content (AvgIpc) is 2.89. The molecule has 1 heterocycles. The number of nitrogens with zero attached hydrogens (tertiary/aromatic N) is 2. The Kier molecular flexibility index (Phi) is 9.95. The summed E-state index contributed by atoms with van der Waals surface area (Å²) in [6.07, 6.45) is 6.46. The lowest BCUT2D eigenvalue weighted by molar-refractivity contribution is 0.0933. The van der Waals surface area contributed by atoms with Crippen LogP contribution < -0.4 is 10.2 Å². The number of aryl methyl sites for hydroxylation is 1. The summed E-state index contributed by atoms with van der Waals surface area (Å²) in [6, 6.07) is 16.4. The molecule has 5 heteroatoms. The van der Waals surface area contributed by atoms with Gasteiger partial charge in [-0.2, -0.15) is 0 Å². The van der Waals surface area contributed by atoms with Crippen molar-refractivity contribution in [1.29, 1.82) is 0 Å². The second-order valence-electron chi connectivity index (χ2n) is 9.55. The van der Waals surface area contributed by atoms with E-state index in [1.54, 1.807) is 6.08 Å². The van der Waals surface area contributed by atoms with Crippen LogP contribution in [0.2, 0.25) is 0 Å². The summed E-state index contributed by atoms with van der Waals surface area (Å²) in [6.45, 7) is 17.4. The molecule has 0 aliphatic carbocycles. The van der Waals surface area contributed by atoms with Crippen molar-refractivity contribution in [2.75, 3.05) is 31.1 Å². The molecule has 192 valence electrons. The Labute approximate surface area is 216 Å². The van der Waals surface area contributed by atoms with Gasteiger partial charge >= 0.3 is 0 Å². The van der Waals surface area contributed by atoms with Crippen molar-refractivity contribution in [3.05, 3.63) is 102 Å². The number of rotatable bonds is 11. The van der Waals surface area contributed by atoms with E-state index in [-0.39, 0.29) is 23.8 Å². The van der Waals surface area contributed by atoms with Crippen LogP contribution in [0.5, 0.6) is 0 Å². The minimum atomic E-state index is -0.179. The molecule has 2 aromatic carbocycles. The van der Waals surface area contributed by atoms with Crippen LogP contribution in [0.15, 0.2) is 85.2 Å². The molecule has 1 amide bonds. The number of anilines is 1. The molecule has 36 heavy (non-hydrogen) atoms. The highest BCUT2D eigenvalue weighted by Gasteiger charge is 2.29. The molecule has 0 aromatic heterocycles. The molecular weight excluding hydrogens is 446 g/mol. The summed E-state index contributed by atoms with van der Waals surface area (Å²) < 4.78 is 0. The van der Waals surface area contributed by atoms with E-state index in [9.17, 15) is 9.90 Å². The second-order valence-corrected chi connectivity index (χ2v) is 9.55. The molecular formula is C31H41N3O2. The monoisotopic (exact) mass is 487 g/mol. The number of aliphatic hydroxyl groups is 1. The number of hydrogen-bond donors (Lipinski definition) is 2. The van der Waals surface area contributed by atoms with Gasteiger partial charge in [0.1, 0.15) is 5.76 Å². The van der Waals surface area contributed by atoms with Crippen LogP contribution in [0.25, 0.3) is 0 Å². The van der Waals surface area contributed by atoms with Crippen LogP contribution in [0.1, 0.15) is 60.6 Å². The number of piperazine rings is 1. The van der Waals surface area contributed by atoms with Crippen LogP contribution in [0.4, 0.5) is 5.69 Å². The molecule has 1 aliphatic heterocycles. The molecule has 2 N–H and O–H groups in total. The first-order valence-corrected chi connectivity index (χ1v) is 13.0. The number of benzene rings is 2. The number of nitrogens with one attached hydrogen (secondary N) is 1. The molecule has 5 nitrogen and oxygen atoms in total. The van der Waals surface area contributed by atoms with Crippen molar-refractivity contribution >= 4 is 11.6 Å². The summed E-state index contributed by atoms with van der Waals surface area (Å²) in [5.74, 6) is -0.00780. The summed E-state index contributed by atoms with van der Waals surface area (Å²) >= 11 is 0. The lowest BCUT2D eigenvalue weighted by Gasteiger charge is -2.41. The van der Waals surface area contributed by atoms with Crippen molar-refractivity contribution in [2.24, 2.45) is 0 Å². The Hall–Kier alpha value is -3.31. The zero-order chi connectivity index (χ0) is 26.1. The third kappa shape index (κ3) is 6.88. The van der Waals surface area contributed by atoms with E-state index in [1.165, 1.54) is 11.3 Å². The van der Waals surface area contributed by atoms with Crippen LogP contribution >= 0.6 is 0 Å². The quantitative estimate of drug-likeness (QED) is 0.286. The highest BCUT2D eigenvalue weighted by Crippen LogP contribution is 2.33. The first kappa shape index (κ1) is 27.3. The van der Waals surface area contributed by atoms with Crippen molar-refractivity contribution in [3.8, 4) is 0 Å². The third-order valence-electron chi connectivity index (χ3n) is 6.96. The van der Waals surface area contributed by atoms with Gasteiger partial charge in [-0.05, 0) is 49.6 Å². The zero-order valence-electron chi connectivity index (χ0n) is 22.0. The Balaban J connectivity index is 1.81. The Morgan fingerprint density at radius 1 is 1.06 bits per heavy atom. The maximum absolute atomic E-state index is 12.8. The van der Waals surface area contributed by atoms with Crippen LogP contribution in [0.3, 0.4) is 0 Å². The fourth-order valence-corrected chi connectivity index (χ4v) is 4.87. The van der Waals surface area contributed by atoms with Crippen molar-refractivity contribution < 1.29 is 9.90 Å². The average molecular weight is 488 g/mol. The van der Waals surface area contributed by atoms with E-state index >= 15 is 0 Å². The fraction of sp³-hybridized carbons (Fsp3) is 0.387. The number of hydrogen-bond acceptors (Lipinski definition) is 4. The number of carbonyl (C=O) groups excluding carboxylic acids is 1. The normalized spacial score (nSPS) is 16.3. The molecule has 0 saturated carbocycles. The standard InChI is InChI=1S/C31H41N3O2/c1-6-9-27(8-3)32-31(36)26-15-13-25(14-16-26)30(29(10-7-2)24(5)35)34-21-19-33(20-22-34)28-17-11-23(4)12-18-28/h7,10-18,27,30,35H,2,5-6,8-9,19-22H2,1,3-4H3,(H,32,36)/b29-10+. The molecule has 1 aliphatic rings. The second kappa shape index (κ2) is 13.1. The van der Waals surface area contributed by atoms with E-state index in [2.05, 4.69) is 73.3 Å². The number of carbonyl (C=O) groups is 1. The largest absolute Gasteiger partial charge is 0.508 e. The molecule has 1 fully saturated rings. The molecule has 1 saturated heterocycles. The van der Waals surface area contributed by atoms with Gasteiger partial charge < -0.3 is 15.3 Å².